The van der Waals surface area contributed by atoms with E-state index in [1.165, 1.54) is 0 Å². The predicted octanol–water partition coefficient (Wildman–Crippen LogP) is 2.79. The molecule has 0 aromatic heterocycles. The molecule has 1 N–H and O–H groups in total. The van der Waals surface area contributed by atoms with Gasteiger partial charge in [-0.25, -0.2) is 0 Å². The maximum atomic E-state index is 9.18. The minimum atomic E-state index is -1.66. The summed E-state index contributed by atoms with van der Waals surface area (Å²) >= 11 is 0. The number of epoxide rings is 1. The van der Waals surface area contributed by atoms with Gasteiger partial charge < -0.3 is 14.3 Å². The van der Waals surface area contributed by atoms with Crippen molar-refractivity contribution in [3.05, 3.63) is 0 Å². The smallest absolute Gasteiger partial charge is 0.191 e. The lowest BCUT2D eigenvalue weighted by atomic mass is 9.99. The summed E-state index contributed by atoms with van der Waals surface area (Å²) in [6.07, 6.45) is 0.150. The zero-order chi connectivity index (χ0) is 13.5. The van der Waals surface area contributed by atoms with Crippen LogP contribution in [-0.2, 0) is 9.16 Å². The van der Waals surface area contributed by atoms with E-state index in [4.69, 9.17) is 9.16 Å². The van der Waals surface area contributed by atoms with Crippen molar-refractivity contribution in [2.45, 2.75) is 64.5 Å². The van der Waals surface area contributed by atoms with E-state index < -0.39 is 8.32 Å². The second-order valence-electron chi connectivity index (χ2n) is 7.06. The van der Waals surface area contributed by atoms with Crippen molar-refractivity contribution >= 4 is 8.32 Å². The van der Waals surface area contributed by atoms with Crippen LogP contribution in [0.3, 0.4) is 0 Å². The van der Waals surface area contributed by atoms with Crippen molar-refractivity contribution in [2.75, 3.05) is 13.2 Å². The molecule has 0 aromatic carbocycles. The molecule has 0 spiro atoms. The maximum Gasteiger partial charge on any atom is 0.191 e. The lowest BCUT2D eigenvalue weighted by Crippen LogP contribution is -2.42. The highest BCUT2D eigenvalue weighted by molar-refractivity contribution is 6.74. The van der Waals surface area contributed by atoms with E-state index in [0.29, 0.717) is 5.92 Å². The molecule has 0 bridgehead atoms. The van der Waals surface area contributed by atoms with E-state index in [2.05, 4.69) is 40.8 Å². The van der Waals surface area contributed by atoms with Crippen LogP contribution in [0.15, 0.2) is 0 Å². The molecule has 17 heavy (non-hydrogen) atoms. The zero-order valence-electron chi connectivity index (χ0n) is 12.3. The van der Waals surface area contributed by atoms with Crippen LogP contribution in [0.2, 0.25) is 18.1 Å². The van der Waals surface area contributed by atoms with E-state index in [1.807, 2.05) is 6.92 Å². The Labute approximate surface area is 107 Å². The van der Waals surface area contributed by atoms with Gasteiger partial charge in [0.2, 0.25) is 0 Å². The Hall–Kier alpha value is 0.0969. The lowest BCUT2D eigenvalue weighted by molar-refractivity contribution is 0.180. The first-order valence-corrected chi connectivity index (χ1v) is 9.37. The van der Waals surface area contributed by atoms with Crippen molar-refractivity contribution in [2.24, 2.45) is 5.92 Å². The Kier molecular flexibility index (Phi) is 4.14. The molecular weight excluding hydrogens is 232 g/mol. The standard InChI is InChI=1S/C13H28O3Si/c1-10(11-13(5,9-14)16-11)8-15-17(6,7)12(2,3)4/h10-11,14H,8-9H2,1-7H3/t10-,11?,13?/m0/s1. The van der Waals surface area contributed by atoms with Gasteiger partial charge >= 0.3 is 0 Å². The first kappa shape index (κ1) is 15.2. The summed E-state index contributed by atoms with van der Waals surface area (Å²) in [5, 5.41) is 9.43. The van der Waals surface area contributed by atoms with Gasteiger partial charge in [0.05, 0.1) is 12.7 Å². The van der Waals surface area contributed by atoms with Gasteiger partial charge in [-0.15, -0.1) is 0 Å². The zero-order valence-corrected chi connectivity index (χ0v) is 13.3. The first-order valence-electron chi connectivity index (χ1n) is 6.46. The number of hydrogen-bond acceptors (Lipinski definition) is 3. The third kappa shape index (κ3) is 3.31. The Morgan fingerprint density at radius 3 is 2.29 bits per heavy atom. The molecule has 3 nitrogen and oxygen atoms in total. The molecule has 0 amide bonds. The van der Waals surface area contributed by atoms with Crippen LogP contribution in [0.4, 0.5) is 0 Å². The quantitative estimate of drug-likeness (QED) is 0.610. The number of rotatable bonds is 5. The average molecular weight is 260 g/mol. The van der Waals surface area contributed by atoms with Crippen LogP contribution in [0.5, 0.6) is 0 Å². The number of ether oxygens (including phenoxy) is 1. The van der Waals surface area contributed by atoms with E-state index >= 15 is 0 Å². The fourth-order valence-corrected chi connectivity index (χ4v) is 2.86. The van der Waals surface area contributed by atoms with Crippen LogP contribution >= 0.6 is 0 Å². The van der Waals surface area contributed by atoms with Crippen LogP contribution < -0.4 is 0 Å². The van der Waals surface area contributed by atoms with Crippen LogP contribution in [0, 0.1) is 5.92 Å². The van der Waals surface area contributed by atoms with Crippen molar-refractivity contribution in [1.29, 1.82) is 0 Å². The van der Waals surface area contributed by atoms with Gasteiger partial charge in [0.15, 0.2) is 8.32 Å². The van der Waals surface area contributed by atoms with Gasteiger partial charge in [-0.05, 0) is 25.1 Å². The second kappa shape index (κ2) is 4.65. The van der Waals surface area contributed by atoms with E-state index in [0.717, 1.165) is 6.61 Å². The SMILES string of the molecule is C[C@@H](CO[Si](C)(C)C(C)(C)C)C1OC1(C)CO. The highest BCUT2D eigenvalue weighted by Crippen LogP contribution is 2.42. The Bertz CT molecular complexity index is 272. The van der Waals surface area contributed by atoms with Gasteiger partial charge in [0.1, 0.15) is 5.60 Å². The molecule has 0 aliphatic carbocycles. The molecule has 0 aromatic rings. The Morgan fingerprint density at radius 2 is 1.94 bits per heavy atom. The summed E-state index contributed by atoms with van der Waals surface area (Å²) in [6, 6.07) is 0. The largest absolute Gasteiger partial charge is 0.416 e. The molecule has 1 fully saturated rings. The molecular formula is C13H28O3Si. The third-order valence-corrected chi connectivity index (χ3v) is 8.79. The fourth-order valence-electron chi connectivity index (χ4n) is 1.74. The number of aliphatic hydroxyl groups is 1. The topological polar surface area (TPSA) is 42.0 Å². The maximum absolute atomic E-state index is 9.18. The van der Waals surface area contributed by atoms with E-state index in [9.17, 15) is 5.11 Å². The normalized spacial score (nSPS) is 31.4. The number of hydrogen-bond donors (Lipinski definition) is 1. The lowest BCUT2D eigenvalue weighted by Gasteiger charge is -2.37. The fraction of sp³-hybridized carbons (Fsp3) is 1.00. The molecule has 1 aliphatic heterocycles. The minimum absolute atomic E-state index is 0.0993. The molecule has 0 saturated carbocycles. The van der Waals surface area contributed by atoms with Crippen molar-refractivity contribution in [1.82, 2.24) is 0 Å². The molecule has 102 valence electrons. The molecule has 1 aliphatic rings. The predicted molar refractivity (Wildman–Crippen MR) is 72.7 cm³/mol. The molecule has 3 atom stereocenters. The van der Waals surface area contributed by atoms with E-state index in [1.54, 1.807) is 0 Å². The van der Waals surface area contributed by atoms with Crippen molar-refractivity contribution in [3.63, 3.8) is 0 Å². The molecule has 0 radical (unpaired) electrons. The summed E-state index contributed by atoms with van der Waals surface area (Å²) in [7, 11) is -1.66. The van der Waals surface area contributed by atoms with Gasteiger partial charge in [-0.1, -0.05) is 27.7 Å². The second-order valence-corrected chi connectivity index (χ2v) is 11.9. The summed E-state index contributed by atoms with van der Waals surface area (Å²) in [4.78, 5) is 0. The Balaban J connectivity index is 2.42. The minimum Gasteiger partial charge on any atom is -0.416 e. The van der Waals surface area contributed by atoms with Crippen LogP contribution in [0.25, 0.3) is 0 Å². The van der Waals surface area contributed by atoms with Crippen molar-refractivity contribution in [3.8, 4) is 0 Å². The molecule has 4 heteroatoms. The van der Waals surface area contributed by atoms with Crippen molar-refractivity contribution < 1.29 is 14.3 Å². The summed E-state index contributed by atoms with van der Waals surface area (Å²) in [5.74, 6) is 0.348. The van der Waals surface area contributed by atoms with Crippen LogP contribution in [-0.4, -0.2) is 38.3 Å². The summed E-state index contributed by atoms with van der Waals surface area (Å²) < 4.78 is 11.7. The molecule has 2 unspecified atom stereocenters. The first-order chi connectivity index (χ1) is 7.53. The Morgan fingerprint density at radius 1 is 1.41 bits per heavy atom. The van der Waals surface area contributed by atoms with Crippen LogP contribution in [0.1, 0.15) is 34.6 Å². The van der Waals surface area contributed by atoms with E-state index in [-0.39, 0.29) is 23.4 Å². The average Bonchev–Trinajstić information content (AvgIpc) is 2.87. The summed E-state index contributed by atoms with van der Waals surface area (Å²) in [5.41, 5.74) is -0.323. The highest BCUT2D eigenvalue weighted by Gasteiger charge is 2.54. The highest BCUT2D eigenvalue weighted by atomic mass is 28.4. The van der Waals surface area contributed by atoms with Gasteiger partial charge in [0.25, 0.3) is 0 Å². The third-order valence-electron chi connectivity index (χ3n) is 4.28. The van der Waals surface area contributed by atoms with Gasteiger partial charge in [-0.2, -0.15) is 0 Å². The summed E-state index contributed by atoms with van der Waals surface area (Å²) in [6.45, 7) is 16.2. The number of aliphatic hydroxyl groups excluding tert-OH is 1. The van der Waals surface area contributed by atoms with Gasteiger partial charge in [-0.3, -0.25) is 0 Å². The molecule has 1 rings (SSSR count). The molecule has 1 saturated heterocycles. The molecule has 1 heterocycles. The van der Waals surface area contributed by atoms with Gasteiger partial charge in [0, 0.05) is 12.5 Å². The monoisotopic (exact) mass is 260 g/mol.